The number of ether oxygens (including phenoxy) is 2. The van der Waals surface area contributed by atoms with Gasteiger partial charge in [-0.05, 0) is 97.4 Å². The quantitative estimate of drug-likeness (QED) is 0.140. The molecule has 0 fully saturated rings. The lowest BCUT2D eigenvalue weighted by atomic mass is 10.2. The van der Waals surface area contributed by atoms with Gasteiger partial charge in [0.1, 0.15) is 18.0 Å². The number of nitrogens with zero attached hydrogens (tertiary/aromatic N) is 2. The molecule has 13 heteroatoms. The maximum absolute atomic E-state index is 13.5. The monoisotopic (exact) mass is 654 g/mol. The minimum atomic E-state index is -4.13. The Kier molecular flexibility index (Phi) is 11.2. The van der Waals surface area contributed by atoms with E-state index in [1.807, 2.05) is 6.92 Å². The number of halogens is 2. The summed E-state index contributed by atoms with van der Waals surface area (Å²) < 4.78 is 39.0. The van der Waals surface area contributed by atoms with E-state index in [1.54, 1.807) is 72.8 Å². The highest BCUT2D eigenvalue weighted by atomic mass is 35.5. The van der Waals surface area contributed by atoms with E-state index in [4.69, 9.17) is 32.7 Å². The highest BCUT2D eigenvalue weighted by Crippen LogP contribution is 2.27. The fraction of sp³-hybridized carbons (Fsp3) is 0.129. The van der Waals surface area contributed by atoms with Crippen LogP contribution >= 0.6 is 23.2 Å². The summed E-state index contributed by atoms with van der Waals surface area (Å²) in [6, 6.07) is 25.5. The third-order valence-electron chi connectivity index (χ3n) is 5.93. The van der Waals surface area contributed by atoms with Crippen molar-refractivity contribution in [1.82, 2.24) is 5.43 Å². The van der Waals surface area contributed by atoms with Gasteiger partial charge in [0, 0.05) is 5.02 Å². The number of hydrogen-bond acceptors (Lipinski definition) is 7. The Balaban J connectivity index is 1.37. The van der Waals surface area contributed by atoms with Crippen LogP contribution in [0, 0.1) is 0 Å². The Hall–Kier alpha value is -4.58. The fourth-order valence-corrected chi connectivity index (χ4v) is 5.55. The Bertz CT molecular complexity index is 1720. The molecule has 0 bridgehead atoms. The molecule has 0 spiro atoms. The van der Waals surface area contributed by atoms with E-state index >= 15 is 0 Å². The van der Waals surface area contributed by atoms with Crippen LogP contribution in [-0.2, 0) is 19.6 Å². The van der Waals surface area contributed by atoms with Gasteiger partial charge in [0.05, 0.1) is 34.1 Å². The molecule has 0 aromatic heterocycles. The molecule has 2 N–H and O–H groups in total. The maximum Gasteiger partial charge on any atom is 0.264 e. The summed E-state index contributed by atoms with van der Waals surface area (Å²) in [7, 11) is -4.13. The second-order valence-electron chi connectivity index (χ2n) is 9.07. The largest absolute Gasteiger partial charge is 0.494 e. The van der Waals surface area contributed by atoms with Crippen molar-refractivity contribution in [2.45, 2.75) is 11.8 Å². The van der Waals surface area contributed by atoms with Crippen LogP contribution in [0.3, 0.4) is 0 Å². The Morgan fingerprint density at radius 2 is 1.48 bits per heavy atom. The molecular formula is C31H28Cl2N4O6S. The van der Waals surface area contributed by atoms with Crippen molar-refractivity contribution < 1.29 is 27.5 Å². The molecule has 4 aromatic rings. The number of para-hydroxylation sites is 1. The first kappa shape index (κ1) is 32.3. The molecule has 0 saturated carbocycles. The first-order chi connectivity index (χ1) is 21.2. The number of hydrogen-bond donors (Lipinski definition) is 2. The van der Waals surface area contributed by atoms with Gasteiger partial charge in [-0.1, -0.05) is 35.3 Å². The van der Waals surface area contributed by atoms with Gasteiger partial charge in [-0.25, -0.2) is 13.8 Å². The van der Waals surface area contributed by atoms with E-state index in [0.29, 0.717) is 39.4 Å². The van der Waals surface area contributed by atoms with Gasteiger partial charge in [-0.15, -0.1) is 0 Å². The summed E-state index contributed by atoms with van der Waals surface area (Å²) >= 11 is 12.0. The molecule has 4 rings (SSSR count). The Morgan fingerprint density at radius 3 is 2.14 bits per heavy atom. The average Bonchev–Trinajstić information content (AvgIpc) is 3.01. The van der Waals surface area contributed by atoms with Gasteiger partial charge in [0.2, 0.25) is 0 Å². The first-order valence-corrected chi connectivity index (χ1v) is 15.5. The Labute approximate surface area is 265 Å². The number of anilines is 2. The zero-order valence-electron chi connectivity index (χ0n) is 23.4. The molecule has 0 aliphatic rings. The molecule has 4 aromatic carbocycles. The highest BCUT2D eigenvalue weighted by Gasteiger charge is 2.27. The summed E-state index contributed by atoms with van der Waals surface area (Å²) in [5.41, 5.74) is 3.73. The minimum absolute atomic E-state index is 0.0317. The van der Waals surface area contributed by atoms with Gasteiger partial charge in [-0.3, -0.25) is 13.9 Å². The second kappa shape index (κ2) is 15.2. The molecule has 0 radical (unpaired) electrons. The average molecular weight is 656 g/mol. The molecule has 2 amide bonds. The number of nitrogens with one attached hydrogen (secondary N) is 2. The lowest BCUT2D eigenvalue weighted by Gasteiger charge is -2.24. The van der Waals surface area contributed by atoms with E-state index in [2.05, 4.69) is 15.8 Å². The first-order valence-electron chi connectivity index (χ1n) is 13.3. The standard InChI is InChI=1S/C31H28Cl2N4O6S/c1-2-42-25-15-11-24(12-16-25)37(44(40,41)27-17-9-23(32)10-18-27)20-30(38)36-34-19-22-7-13-26(14-8-22)43-21-31(39)35-29-6-4-3-5-28(29)33/h3-19H,2,20-21H2,1H3,(H,35,39)(H,36,38)/b34-19-. The SMILES string of the molecule is CCOc1ccc(N(CC(=O)N/N=C\c2ccc(OCC(=O)Nc3ccccc3Cl)cc2)S(=O)(=O)c2ccc(Cl)cc2)cc1. The topological polar surface area (TPSA) is 126 Å². The molecule has 10 nitrogen and oxygen atoms in total. The zero-order chi connectivity index (χ0) is 31.5. The molecule has 0 aliphatic heterocycles. The van der Waals surface area contributed by atoms with Gasteiger partial charge >= 0.3 is 0 Å². The number of rotatable bonds is 13. The number of carbonyl (C=O) groups is 2. The summed E-state index contributed by atoms with van der Waals surface area (Å²) in [6.07, 6.45) is 1.39. The normalized spacial score (nSPS) is 11.2. The van der Waals surface area contributed by atoms with Crippen molar-refractivity contribution in [3.05, 3.63) is 113 Å². The van der Waals surface area contributed by atoms with E-state index in [9.17, 15) is 18.0 Å². The predicted molar refractivity (Wildman–Crippen MR) is 171 cm³/mol. The number of amides is 2. The number of benzene rings is 4. The lowest BCUT2D eigenvalue weighted by Crippen LogP contribution is -2.39. The van der Waals surface area contributed by atoms with Gasteiger partial charge in [0.15, 0.2) is 6.61 Å². The van der Waals surface area contributed by atoms with Gasteiger partial charge < -0.3 is 14.8 Å². The van der Waals surface area contributed by atoms with Crippen LogP contribution in [0.2, 0.25) is 10.0 Å². The van der Waals surface area contributed by atoms with Crippen molar-refractivity contribution in [1.29, 1.82) is 0 Å². The molecule has 44 heavy (non-hydrogen) atoms. The molecule has 0 atom stereocenters. The van der Waals surface area contributed by atoms with E-state index in [1.165, 1.54) is 30.5 Å². The van der Waals surface area contributed by atoms with Crippen molar-refractivity contribution in [2.75, 3.05) is 29.4 Å². The lowest BCUT2D eigenvalue weighted by molar-refractivity contribution is -0.119. The summed E-state index contributed by atoms with van der Waals surface area (Å²) in [4.78, 5) is 25.0. The molecule has 0 heterocycles. The number of carbonyl (C=O) groups excluding carboxylic acids is 2. The summed E-state index contributed by atoms with van der Waals surface area (Å²) in [6.45, 7) is 1.52. The summed E-state index contributed by atoms with van der Waals surface area (Å²) in [5.74, 6) is -0.0363. The fourth-order valence-electron chi connectivity index (χ4n) is 3.82. The van der Waals surface area contributed by atoms with Gasteiger partial charge in [0.25, 0.3) is 21.8 Å². The predicted octanol–water partition coefficient (Wildman–Crippen LogP) is 5.76. The van der Waals surface area contributed by atoms with Crippen molar-refractivity contribution in [3.63, 3.8) is 0 Å². The van der Waals surface area contributed by atoms with Crippen molar-refractivity contribution in [3.8, 4) is 11.5 Å². The van der Waals surface area contributed by atoms with Crippen LogP contribution in [0.25, 0.3) is 0 Å². The van der Waals surface area contributed by atoms with Crippen molar-refractivity contribution in [2.24, 2.45) is 5.10 Å². The van der Waals surface area contributed by atoms with Crippen molar-refractivity contribution >= 4 is 62.6 Å². The van der Waals surface area contributed by atoms with Crippen LogP contribution in [0.5, 0.6) is 11.5 Å². The highest BCUT2D eigenvalue weighted by molar-refractivity contribution is 7.92. The van der Waals surface area contributed by atoms with Crippen LogP contribution in [0.4, 0.5) is 11.4 Å². The van der Waals surface area contributed by atoms with Crippen LogP contribution < -0.4 is 24.5 Å². The van der Waals surface area contributed by atoms with Crippen LogP contribution in [-0.4, -0.2) is 46.2 Å². The number of hydrazone groups is 1. The molecule has 228 valence electrons. The van der Waals surface area contributed by atoms with Crippen LogP contribution in [0.1, 0.15) is 12.5 Å². The van der Waals surface area contributed by atoms with E-state index < -0.39 is 22.5 Å². The smallest absolute Gasteiger partial charge is 0.264 e. The minimum Gasteiger partial charge on any atom is -0.494 e. The van der Waals surface area contributed by atoms with Gasteiger partial charge in [-0.2, -0.15) is 5.10 Å². The second-order valence-corrected chi connectivity index (χ2v) is 11.8. The summed E-state index contributed by atoms with van der Waals surface area (Å²) in [5, 5.41) is 7.42. The Morgan fingerprint density at radius 1 is 0.841 bits per heavy atom. The molecule has 0 aliphatic carbocycles. The number of sulfonamides is 1. The van der Waals surface area contributed by atoms with E-state index in [0.717, 1.165) is 4.31 Å². The third-order valence-corrected chi connectivity index (χ3v) is 8.30. The third kappa shape index (κ3) is 8.96. The van der Waals surface area contributed by atoms with E-state index in [-0.39, 0.29) is 23.1 Å². The van der Waals surface area contributed by atoms with Crippen LogP contribution in [0.15, 0.2) is 107 Å². The molecular weight excluding hydrogens is 627 g/mol. The molecule has 0 unspecified atom stereocenters. The maximum atomic E-state index is 13.5. The molecule has 0 saturated heterocycles. The zero-order valence-corrected chi connectivity index (χ0v) is 25.8.